The van der Waals surface area contributed by atoms with Crippen LogP contribution in [0.25, 0.3) is 10.9 Å². The minimum absolute atomic E-state index is 0.00269. The van der Waals surface area contributed by atoms with Crippen LogP contribution < -0.4 is 11.1 Å². The summed E-state index contributed by atoms with van der Waals surface area (Å²) in [5.74, 6) is 0.228. The molecule has 1 amide bonds. The van der Waals surface area contributed by atoms with E-state index in [0.717, 1.165) is 10.9 Å². The molecule has 0 bridgehead atoms. The van der Waals surface area contributed by atoms with Crippen LogP contribution >= 0.6 is 0 Å². The number of hydrogen-bond acceptors (Lipinski definition) is 3. The maximum absolute atomic E-state index is 12.2. The van der Waals surface area contributed by atoms with Gasteiger partial charge in [0.25, 0.3) is 5.91 Å². The second-order valence-electron chi connectivity index (χ2n) is 4.97. The number of nitrogens with one attached hydrogen (secondary N) is 1. The molecule has 0 aliphatic rings. The van der Waals surface area contributed by atoms with Crippen molar-refractivity contribution in [3.8, 4) is 0 Å². The molecular formula is C15H19N3O. The van der Waals surface area contributed by atoms with Crippen LogP contribution in [-0.2, 0) is 0 Å². The van der Waals surface area contributed by atoms with Crippen molar-refractivity contribution in [1.29, 1.82) is 0 Å². The minimum atomic E-state index is -0.0881. The van der Waals surface area contributed by atoms with E-state index in [1.54, 1.807) is 12.3 Å². The monoisotopic (exact) mass is 257 g/mol. The summed E-state index contributed by atoms with van der Waals surface area (Å²) >= 11 is 0. The molecule has 2 rings (SSSR count). The Hall–Kier alpha value is -1.94. The predicted molar refractivity (Wildman–Crippen MR) is 76.9 cm³/mol. The third-order valence-electron chi connectivity index (χ3n) is 3.24. The Bertz CT molecular complexity index is 580. The number of fused-ring (bicyclic) bond motifs is 1. The van der Waals surface area contributed by atoms with Crippen molar-refractivity contribution < 1.29 is 4.79 Å². The van der Waals surface area contributed by atoms with E-state index < -0.39 is 0 Å². The van der Waals surface area contributed by atoms with Crippen molar-refractivity contribution in [2.75, 3.05) is 6.54 Å². The van der Waals surface area contributed by atoms with Crippen LogP contribution in [0.5, 0.6) is 0 Å². The van der Waals surface area contributed by atoms with Gasteiger partial charge in [0.2, 0.25) is 0 Å². The molecule has 1 aromatic carbocycles. The average Bonchev–Trinajstić information content (AvgIpc) is 2.43. The van der Waals surface area contributed by atoms with E-state index in [4.69, 9.17) is 5.73 Å². The highest BCUT2D eigenvalue weighted by molar-refractivity contribution is 5.98. The molecule has 1 aromatic heterocycles. The number of nitrogens with zero attached hydrogens (tertiary/aromatic N) is 1. The smallest absolute Gasteiger partial charge is 0.251 e. The number of pyridine rings is 1. The first-order chi connectivity index (χ1) is 9.11. The summed E-state index contributed by atoms with van der Waals surface area (Å²) in [6, 6.07) is 9.31. The van der Waals surface area contributed by atoms with Crippen LogP contribution in [0.3, 0.4) is 0 Å². The van der Waals surface area contributed by atoms with E-state index in [1.807, 2.05) is 38.1 Å². The van der Waals surface area contributed by atoms with Crippen LogP contribution in [-0.4, -0.2) is 23.5 Å². The van der Waals surface area contributed by atoms with E-state index in [-0.39, 0.29) is 11.9 Å². The molecule has 1 heterocycles. The molecule has 0 saturated heterocycles. The zero-order valence-corrected chi connectivity index (χ0v) is 11.3. The van der Waals surface area contributed by atoms with Gasteiger partial charge in [-0.05, 0) is 30.2 Å². The molecule has 0 spiro atoms. The fraction of sp³-hybridized carbons (Fsp3) is 0.333. The number of carbonyl (C=O) groups is 1. The van der Waals surface area contributed by atoms with E-state index in [9.17, 15) is 4.79 Å². The molecule has 1 atom stereocenters. The normalized spacial score (nSPS) is 12.6. The number of hydrogen-bond donors (Lipinski definition) is 2. The lowest BCUT2D eigenvalue weighted by molar-refractivity contribution is 0.0928. The highest BCUT2D eigenvalue weighted by Crippen LogP contribution is 2.13. The van der Waals surface area contributed by atoms with E-state index >= 15 is 0 Å². The summed E-state index contributed by atoms with van der Waals surface area (Å²) in [7, 11) is 0. The van der Waals surface area contributed by atoms with Gasteiger partial charge in [-0.2, -0.15) is 0 Å². The van der Waals surface area contributed by atoms with Crippen molar-refractivity contribution in [3.63, 3.8) is 0 Å². The lowest BCUT2D eigenvalue weighted by Crippen LogP contribution is -2.43. The van der Waals surface area contributed by atoms with Gasteiger partial charge in [-0.3, -0.25) is 9.78 Å². The predicted octanol–water partition coefficient (Wildman–Crippen LogP) is 1.95. The van der Waals surface area contributed by atoms with Crippen molar-refractivity contribution in [2.45, 2.75) is 19.9 Å². The van der Waals surface area contributed by atoms with Gasteiger partial charge in [-0.15, -0.1) is 0 Å². The van der Waals surface area contributed by atoms with Crippen LogP contribution in [0.15, 0.2) is 36.5 Å². The number of benzene rings is 1. The highest BCUT2D eigenvalue weighted by Gasteiger charge is 2.15. The van der Waals surface area contributed by atoms with Gasteiger partial charge < -0.3 is 11.1 Å². The van der Waals surface area contributed by atoms with Crippen molar-refractivity contribution in [2.24, 2.45) is 11.7 Å². The molecule has 3 N–H and O–H groups in total. The molecular weight excluding hydrogens is 238 g/mol. The standard InChI is InChI=1S/C15H19N3O/c1-10(2)14(9-16)18-15(19)12-5-6-13-11(8-12)4-3-7-17-13/h3-8,10,14H,9,16H2,1-2H3,(H,18,19). The zero-order valence-electron chi connectivity index (χ0n) is 11.3. The first-order valence-corrected chi connectivity index (χ1v) is 6.47. The largest absolute Gasteiger partial charge is 0.348 e. The third kappa shape index (κ3) is 3.09. The number of nitrogens with two attached hydrogens (primary N) is 1. The number of amides is 1. The van der Waals surface area contributed by atoms with Crippen LogP contribution in [0.1, 0.15) is 24.2 Å². The third-order valence-corrected chi connectivity index (χ3v) is 3.24. The molecule has 0 radical (unpaired) electrons. The molecule has 100 valence electrons. The molecule has 4 nitrogen and oxygen atoms in total. The van der Waals surface area contributed by atoms with E-state index in [0.29, 0.717) is 18.0 Å². The fourth-order valence-corrected chi connectivity index (χ4v) is 1.97. The van der Waals surface area contributed by atoms with Crippen molar-refractivity contribution >= 4 is 16.8 Å². The van der Waals surface area contributed by atoms with E-state index in [1.165, 1.54) is 0 Å². The maximum atomic E-state index is 12.2. The summed E-state index contributed by atoms with van der Waals surface area (Å²) in [4.78, 5) is 16.4. The average molecular weight is 257 g/mol. The van der Waals surface area contributed by atoms with Gasteiger partial charge >= 0.3 is 0 Å². The maximum Gasteiger partial charge on any atom is 0.251 e. The van der Waals surface area contributed by atoms with Crippen LogP contribution in [0, 0.1) is 5.92 Å². The Labute approximate surface area is 113 Å². The van der Waals surface area contributed by atoms with Gasteiger partial charge in [-0.1, -0.05) is 19.9 Å². The SMILES string of the molecule is CC(C)C(CN)NC(=O)c1ccc2ncccc2c1. The Morgan fingerprint density at radius 2 is 2.16 bits per heavy atom. The quantitative estimate of drug-likeness (QED) is 0.879. The van der Waals surface area contributed by atoms with Gasteiger partial charge in [0.15, 0.2) is 0 Å². The Kier molecular flexibility index (Phi) is 4.12. The second kappa shape index (κ2) is 5.80. The highest BCUT2D eigenvalue weighted by atomic mass is 16.1. The van der Waals surface area contributed by atoms with Crippen molar-refractivity contribution in [1.82, 2.24) is 10.3 Å². The van der Waals surface area contributed by atoms with Crippen LogP contribution in [0.4, 0.5) is 0 Å². The fourth-order valence-electron chi connectivity index (χ4n) is 1.97. The number of carbonyl (C=O) groups excluding carboxylic acids is 1. The Morgan fingerprint density at radius 3 is 2.84 bits per heavy atom. The van der Waals surface area contributed by atoms with Crippen molar-refractivity contribution in [3.05, 3.63) is 42.1 Å². The molecule has 4 heteroatoms. The molecule has 0 aliphatic carbocycles. The second-order valence-corrected chi connectivity index (χ2v) is 4.97. The Balaban J connectivity index is 2.21. The molecule has 0 saturated carbocycles. The minimum Gasteiger partial charge on any atom is -0.348 e. The lowest BCUT2D eigenvalue weighted by Gasteiger charge is -2.20. The number of aromatic nitrogens is 1. The summed E-state index contributed by atoms with van der Waals surface area (Å²) in [5, 5.41) is 3.92. The van der Waals surface area contributed by atoms with E-state index in [2.05, 4.69) is 10.3 Å². The first-order valence-electron chi connectivity index (χ1n) is 6.47. The van der Waals surface area contributed by atoms with Gasteiger partial charge in [0.1, 0.15) is 0 Å². The number of rotatable bonds is 4. The van der Waals surface area contributed by atoms with Gasteiger partial charge in [0.05, 0.1) is 5.52 Å². The summed E-state index contributed by atoms with van der Waals surface area (Å²) < 4.78 is 0. The van der Waals surface area contributed by atoms with Crippen LogP contribution in [0.2, 0.25) is 0 Å². The molecule has 19 heavy (non-hydrogen) atoms. The molecule has 0 aliphatic heterocycles. The molecule has 0 fully saturated rings. The lowest BCUT2D eigenvalue weighted by atomic mass is 10.0. The molecule has 2 aromatic rings. The topological polar surface area (TPSA) is 68.0 Å². The first kappa shape index (κ1) is 13.5. The van der Waals surface area contributed by atoms with Gasteiger partial charge in [0, 0.05) is 29.7 Å². The summed E-state index contributed by atoms with van der Waals surface area (Å²) in [6.07, 6.45) is 1.74. The summed E-state index contributed by atoms with van der Waals surface area (Å²) in [6.45, 7) is 4.53. The zero-order chi connectivity index (χ0) is 13.8. The summed E-state index contributed by atoms with van der Waals surface area (Å²) in [5.41, 5.74) is 7.19. The molecule has 1 unspecified atom stereocenters. The van der Waals surface area contributed by atoms with Gasteiger partial charge in [-0.25, -0.2) is 0 Å². The Morgan fingerprint density at radius 1 is 1.37 bits per heavy atom.